The molecule has 0 saturated heterocycles. The Morgan fingerprint density at radius 2 is 1.87 bits per heavy atom. The van der Waals surface area contributed by atoms with Gasteiger partial charge in [0, 0.05) is 22.4 Å². The minimum atomic E-state index is -0.141. The van der Waals surface area contributed by atoms with E-state index in [2.05, 4.69) is 0 Å². The lowest BCUT2D eigenvalue weighted by Crippen LogP contribution is -2.02. The number of aromatic hydroxyl groups is 1. The van der Waals surface area contributed by atoms with Gasteiger partial charge in [-0.1, -0.05) is 18.2 Å². The Balaban J connectivity index is 1.70. The van der Waals surface area contributed by atoms with Crippen LogP contribution >= 0.6 is 0 Å². The largest absolute Gasteiger partial charge is 0.508 e. The van der Waals surface area contributed by atoms with Gasteiger partial charge in [0.1, 0.15) is 22.7 Å². The number of phenolic OH excluding ortho intramolecular Hbond substituents is 1. The first-order valence-corrected chi connectivity index (χ1v) is 7.34. The Bertz CT molecular complexity index is 1000. The number of carbonyl (C=O) groups excluding carboxylic acids is 1. The summed E-state index contributed by atoms with van der Waals surface area (Å²) in [6.07, 6.45) is 0.140. The fourth-order valence-corrected chi connectivity index (χ4v) is 2.84. The maximum atomic E-state index is 12.6. The molecule has 0 aliphatic rings. The molecule has 0 aliphatic carbocycles. The highest BCUT2D eigenvalue weighted by Gasteiger charge is 2.19. The molecule has 2 heterocycles. The second-order valence-corrected chi connectivity index (χ2v) is 5.59. The van der Waals surface area contributed by atoms with Crippen molar-refractivity contribution in [1.29, 1.82) is 0 Å². The lowest BCUT2D eigenvalue weighted by Gasteiger charge is -1.96. The number of hydrogen-bond donors (Lipinski definition) is 1. The van der Waals surface area contributed by atoms with Crippen LogP contribution < -0.4 is 0 Å². The van der Waals surface area contributed by atoms with Crippen molar-refractivity contribution in [2.45, 2.75) is 13.3 Å². The third kappa shape index (κ3) is 2.28. The smallest absolute Gasteiger partial charge is 0.205 e. The highest BCUT2D eigenvalue weighted by atomic mass is 16.4. The van der Waals surface area contributed by atoms with Crippen LogP contribution in [0.3, 0.4) is 0 Å². The number of carbonyl (C=O) groups is 1. The molecule has 0 unspecified atom stereocenters. The molecule has 1 N–H and O–H groups in total. The molecule has 4 rings (SSSR count). The van der Waals surface area contributed by atoms with E-state index in [1.54, 1.807) is 12.1 Å². The van der Waals surface area contributed by atoms with Crippen LogP contribution in [0.25, 0.3) is 21.9 Å². The standard InChI is InChI=1S/C19H14O4/c1-11-15-7-6-13(20)9-18(15)23-19(11)16(21)10-14-8-12-4-2-3-5-17(12)22-14/h2-9,20H,10H2,1H3. The van der Waals surface area contributed by atoms with E-state index < -0.39 is 0 Å². The molecule has 0 fully saturated rings. The second kappa shape index (κ2) is 5.02. The third-order valence-corrected chi connectivity index (χ3v) is 3.99. The van der Waals surface area contributed by atoms with Gasteiger partial charge in [0.2, 0.25) is 5.78 Å². The summed E-state index contributed by atoms with van der Waals surface area (Å²) in [6.45, 7) is 1.84. The van der Waals surface area contributed by atoms with Gasteiger partial charge in [0.25, 0.3) is 0 Å². The Kier molecular flexibility index (Phi) is 2.98. The summed E-state index contributed by atoms with van der Waals surface area (Å²) in [5.41, 5.74) is 2.05. The summed E-state index contributed by atoms with van der Waals surface area (Å²) in [5.74, 6) is 0.893. The number of para-hydroxylation sites is 1. The molecule has 2 aromatic heterocycles. The van der Waals surface area contributed by atoms with Crippen LogP contribution in [0.1, 0.15) is 21.9 Å². The lowest BCUT2D eigenvalue weighted by molar-refractivity contribution is 0.0962. The molecule has 0 radical (unpaired) electrons. The lowest BCUT2D eigenvalue weighted by atomic mass is 10.1. The monoisotopic (exact) mass is 306 g/mol. The highest BCUT2D eigenvalue weighted by Crippen LogP contribution is 2.29. The van der Waals surface area contributed by atoms with Crippen LogP contribution in [0.4, 0.5) is 0 Å². The fourth-order valence-electron chi connectivity index (χ4n) is 2.84. The Labute approximate surface area is 131 Å². The number of aryl methyl sites for hydroxylation is 1. The number of rotatable bonds is 3. The first kappa shape index (κ1) is 13.6. The summed E-state index contributed by atoms with van der Waals surface area (Å²) in [6, 6.07) is 14.4. The average molecular weight is 306 g/mol. The fraction of sp³-hybridized carbons (Fsp3) is 0.105. The number of fused-ring (bicyclic) bond motifs is 2. The van der Waals surface area contributed by atoms with Crippen molar-refractivity contribution >= 4 is 27.7 Å². The van der Waals surface area contributed by atoms with Crippen molar-refractivity contribution in [2.24, 2.45) is 0 Å². The van der Waals surface area contributed by atoms with E-state index in [1.165, 1.54) is 6.07 Å². The molecule has 0 aliphatic heterocycles. The Morgan fingerprint density at radius 3 is 2.70 bits per heavy atom. The molecule has 0 bridgehead atoms. The maximum absolute atomic E-state index is 12.6. The molecule has 23 heavy (non-hydrogen) atoms. The number of ketones is 1. The normalized spacial score (nSPS) is 11.3. The molecule has 0 spiro atoms. The first-order chi connectivity index (χ1) is 11.1. The molecule has 0 saturated carbocycles. The number of Topliss-reactive ketones (excluding diaryl/α,β-unsaturated/α-hetero) is 1. The quantitative estimate of drug-likeness (QED) is 0.561. The first-order valence-electron chi connectivity index (χ1n) is 7.34. The Morgan fingerprint density at radius 1 is 1.04 bits per heavy atom. The third-order valence-electron chi connectivity index (χ3n) is 3.99. The number of furan rings is 2. The predicted molar refractivity (Wildman–Crippen MR) is 86.9 cm³/mol. The van der Waals surface area contributed by atoms with Gasteiger partial charge in [0.05, 0.1) is 6.42 Å². The minimum absolute atomic E-state index is 0.113. The van der Waals surface area contributed by atoms with E-state index in [1.807, 2.05) is 37.3 Å². The van der Waals surface area contributed by atoms with Crippen molar-refractivity contribution in [3.8, 4) is 5.75 Å². The SMILES string of the molecule is Cc1c(C(=O)Cc2cc3ccccc3o2)oc2cc(O)ccc12. The highest BCUT2D eigenvalue weighted by molar-refractivity contribution is 6.01. The molecule has 0 amide bonds. The summed E-state index contributed by atoms with van der Waals surface area (Å²) in [4.78, 5) is 12.6. The van der Waals surface area contributed by atoms with E-state index in [0.717, 1.165) is 21.9 Å². The van der Waals surface area contributed by atoms with E-state index in [4.69, 9.17) is 8.83 Å². The molecule has 114 valence electrons. The van der Waals surface area contributed by atoms with Crippen LogP contribution in [-0.4, -0.2) is 10.9 Å². The topological polar surface area (TPSA) is 63.6 Å². The van der Waals surface area contributed by atoms with Crippen molar-refractivity contribution in [1.82, 2.24) is 0 Å². The number of phenols is 1. The van der Waals surface area contributed by atoms with Gasteiger partial charge in [-0.05, 0) is 31.2 Å². The minimum Gasteiger partial charge on any atom is -0.508 e. The number of benzene rings is 2. The van der Waals surface area contributed by atoms with Gasteiger partial charge in [0.15, 0.2) is 5.76 Å². The summed E-state index contributed by atoms with van der Waals surface area (Å²) in [7, 11) is 0. The van der Waals surface area contributed by atoms with Crippen molar-refractivity contribution < 1.29 is 18.7 Å². The summed E-state index contributed by atoms with van der Waals surface area (Å²) in [5, 5.41) is 11.3. The molecule has 2 aromatic carbocycles. The van der Waals surface area contributed by atoms with Crippen molar-refractivity contribution in [2.75, 3.05) is 0 Å². The second-order valence-electron chi connectivity index (χ2n) is 5.59. The maximum Gasteiger partial charge on any atom is 0.205 e. The summed E-state index contributed by atoms with van der Waals surface area (Å²) < 4.78 is 11.3. The zero-order chi connectivity index (χ0) is 16.0. The molecule has 4 heteroatoms. The number of hydrogen-bond acceptors (Lipinski definition) is 4. The van der Waals surface area contributed by atoms with Crippen LogP contribution in [0.15, 0.2) is 57.4 Å². The van der Waals surface area contributed by atoms with Gasteiger partial charge in [-0.25, -0.2) is 0 Å². The van der Waals surface area contributed by atoms with Crippen molar-refractivity contribution in [3.05, 3.63) is 65.6 Å². The van der Waals surface area contributed by atoms with Crippen LogP contribution in [-0.2, 0) is 6.42 Å². The van der Waals surface area contributed by atoms with E-state index >= 15 is 0 Å². The van der Waals surface area contributed by atoms with E-state index in [0.29, 0.717) is 17.1 Å². The molecule has 4 nitrogen and oxygen atoms in total. The van der Waals surface area contributed by atoms with Crippen LogP contribution in [0.2, 0.25) is 0 Å². The molecule has 4 aromatic rings. The molecule has 0 atom stereocenters. The zero-order valence-electron chi connectivity index (χ0n) is 12.5. The molecular formula is C19H14O4. The van der Waals surface area contributed by atoms with Gasteiger partial charge < -0.3 is 13.9 Å². The van der Waals surface area contributed by atoms with Crippen molar-refractivity contribution in [3.63, 3.8) is 0 Å². The molecular weight excluding hydrogens is 292 g/mol. The van der Waals surface area contributed by atoms with E-state index in [-0.39, 0.29) is 18.0 Å². The van der Waals surface area contributed by atoms with E-state index in [9.17, 15) is 9.90 Å². The van der Waals surface area contributed by atoms with Gasteiger partial charge in [-0.15, -0.1) is 0 Å². The van der Waals surface area contributed by atoms with Gasteiger partial charge in [-0.3, -0.25) is 4.79 Å². The van der Waals surface area contributed by atoms with Gasteiger partial charge >= 0.3 is 0 Å². The zero-order valence-corrected chi connectivity index (χ0v) is 12.5. The van der Waals surface area contributed by atoms with Crippen LogP contribution in [0, 0.1) is 6.92 Å². The van der Waals surface area contributed by atoms with Gasteiger partial charge in [-0.2, -0.15) is 0 Å². The predicted octanol–water partition coefficient (Wildman–Crippen LogP) is 4.62. The average Bonchev–Trinajstić information content (AvgIpc) is 3.07. The summed E-state index contributed by atoms with van der Waals surface area (Å²) >= 11 is 0. The van der Waals surface area contributed by atoms with Crippen LogP contribution in [0.5, 0.6) is 5.75 Å². The Hall–Kier alpha value is -3.01.